The quantitative estimate of drug-likeness (QED) is 0.622. The highest BCUT2D eigenvalue weighted by atomic mass is 16.6. The molecule has 126 valence electrons. The van der Waals surface area contributed by atoms with Crippen molar-refractivity contribution >= 4 is 22.8 Å². The van der Waals surface area contributed by atoms with Crippen LogP contribution in [0.15, 0.2) is 23.3 Å². The van der Waals surface area contributed by atoms with Crippen LogP contribution in [0.1, 0.15) is 38.5 Å². The summed E-state index contributed by atoms with van der Waals surface area (Å²) in [6, 6.07) is 5.52. The van der Waals surface area contributed by atoms with E-state index in [1.165, 1.54) is 12.1 Å². The van der Waals surface area contributed by atoms with Gasteiger partial charge in [0.25, 0.3) is 5.69 Å². The molecule has 0 amide bonds. The van der Waals surface area contributed by atoms with E-state index in [1.807, 2.05) is 0 Å². The summed E-state index contributed by atoms with van der Waals surface area (Å²) in [5.41, 5.74) is 2.95. The van der Waals surface area contributed by atoms with Gasteiger partial charge < -0.3 is 0 Å². The van der Waals surface area contributed by atoms with Gasteiger partial charge in [0.05, 0.1) is 22.0 Å². The fourth-order valence-corrected chi connectivity index (χ4v) is 2.78. The SMILES string of the molecule is N#CCC[C@H]1CCCC/C1=N/Nc1ccc([N+](=O)[O-])cc1[N+](=O)[O-]. The van der Waals surface area contributed by atoms with Gasteiger partial charge in [-0.2, -0.15) is 10.4 Å². The van der Waals surface area contributed by atoms with E-state index >= 15 is 0 Å². The summed E-state index contributed by atoms with van der Waals surface area (Å²) in [6.45, 7) is 0. The molecule has 0 saturated heterocycles. The Labute approximate surface area is 138 Å². The van der Waals surface area contributed by atoms with Gasteiger partial charge in [-0.05, 0) is 31.7 Å². The fraction of sp³-hybridized carbons (Fsp3) is 0.467. The van der Waals surface area contributed by atoms with Crippen LogP contribution in [0.2, 0.25) is 0 Å². The van der Waals surface area contributed by atoms with Gasteiger partial charge in [-0.15, -0.1) is 0 Å². The van der Waals surface area contributed by atoms with Crippen molar-refractivity contribution in [1.82, 2.24) is 0 Å². The molecule has 0 bridgehead atoms. The number of rotatable bonds is 6. The van der Waals surface area contributed by atoms with Crippen LogP contribution in [0.25, 0.3) is 0 Å². The molecule has 9 nitrogen and oxygen atoms in total. The predicted molar refractivity (Wildman–Crippen MR) is 87.6 cm³/mol. The Morgan fingerprint density at radius 1 is 1.29 bits per heavy atom. The number of nitriles is 1. The Hall–Kier alpha value is -3.02. The lowest BCUT2D eigenvalue weighted by Crippen LogP contribution is -2.20. The number of hydrogen-bond donors (Lipinski definition) is 1. The third-order valence-corrected chi connectivity index (χ3v) is 4.02. The molecule has 0 heterocycles. The molecule has 1 fully saturated rings. The maximum absolute atomic E-state index is 11.1. The van der Waals surface area contributed by atoms with Crippen LogP contribution in [0, 0.1) is 37.5 Å². The van der Waals surface area contributed by atoms with E-state index in [2.05, 4.69) is 16.6 Å². The Morgan fingerprint density at radius 2 is 2.08 bits per heavy atom. The van der Waals surface area contributed by atoms with Gasteiger partial charge in [-0.1, -0.05) is 6.42 Å². The van der Waals surface area contributed by atoms with Crippen molar-refractivity contribution < 1.29 is 9.85 Å². The molecular formula is C15H17N5O4. The van der Waals surface area contributed by atoms with E-state index in [9.17, 15) is 20.2 Å². The molecule has 24 heavy (non-hydrogen) atoms. The molecule has 0 aromatic heterocycles. The molecule has 1 aliphatic rings. The van der Waals surface area contributed by atoms with Crippen molar-refractivity contribution in [2.45, 2.75) is 38.5 Å². The summed E-state index contributed by atoms with van der Waals surface area (Å²) < 4.78 is 0. The second-order valence-corrected chi connectivity index (χ2v) is 5.57. The van der Waals surface area contributed by atoms with E-state index in [4.69, 9.17) is 5.26 Å². The number of nitro groups is 2. The third-order valence-electron chi connectivity index (χ3n) is 4.02. The Kier molecular flexibility index (Phi) is 5.78. The number of non-ortho nitro benzene ring substituents is 1. The summed E-state index contributed by atoms with van der Waals surface area (Å²) in [5, 5.41) is 34.9. The molecule has 1 N–H and O–H groups in total. The average molecular weight is 331 g/mol. The summed E-state index contributed by atoms with van der Waals surface area (Å²) >= 11 is 0. The summed E-state index contributed by atoms with van der Waals surface area (Å²) in [6.07, 6.45) is 4.97. The van der Waals surface area contributed by atoms with Crippen molar-refractivity contribution in [3.63, 3.8) is 0 Å². The smallest absolute Gasteiger partial charge is 0.272 e. The van der Waals surface area contributed by atoms with Crippen molar-refractivity contribution in [2.75, 3.05) is 5.43 Å². The molecule has 0 spiro atoms. The molecule has 1 saturated carbocycles. The zero-order valence-electron chi connectivity index (χ0n) is 13.0. The summed E-state index contributed by atoms with van der Waals surface area (Å²) in [4.78, 5) is 20.5. The van der Waals surface area contributed by atoms with Gasteiger partial charge in [-0.3, -0.25) is 25.7 Å². The van der Waals surface area contributed by atoms with E-state index in [-0.39, 0.29) is 17.3 Å². The molecule has 0 radical (unpaired) electrons. The van der Waals surface area contributed by atoms with Crippen molar-refractivity contribution in [3.8, 4) is 6.07 Å². The zero-order valence-corrected chi connectivity index (χ0v) is 13.0. The van der Waals surface area contributed by atoms with Crippen LogP contribution in [0.3, 0.4) is 0 Å². The minimum atomic E-state index is -0.679. The predicted octanol–water partition coefficient (Wildman–Crippen LogP) is 3.76. The first-order chi connectivity index (χ1) is 11.5. The van der Waals surface area contributed by atoms with Crippen molar-refractivity contribution in [3.05, 3.63) is 38.4 Å². The van der Waals surface area contributed by atoms with Crippen molar-refractivity contribution in [1.29, 1.82) is 5.26 Å². The molecule has 1 aromatic carbocycles. The highest BCUT2D eigenvalue weighted by Gasteiger charge is 2.22. The van der Waals surface area contributed by atoms with E-state index in [0.29, 0.717) is 6.42 Å². The number of nitrogens with zero attached hydrogens (tertiary/aromatic N) is 4. The van der Waals surface area contributed by atoms with Gasteiger partial charge in [0.2, 0.25) is 0 Å². The van der Waals surface area contributed by atoms with E-state index in [1.54, 1.807) is 0 Å². The Bertz CT molecular complexity index is 710. The second kappa shape index (κ2) is 8.01. The molecule has 2 rings (SSSR count). The fourth-order valence-electron chi connectivity index (χ4n) is 2.78. The van der Waals surface area contributed by atoms with Gasteiger partial charge in [0.1, 0.15) is 5.69 Å². The number of benzene rings is 1. The minimum absolute atomic E-state index is 0.114. The van der Waals surface area contributed by atoms with Crippen LogP contribution >= 0.6 is 0 Å². The standard InChI is InChI=1S/C15H17N5O4/c16-9-3-5-11-4-1-2-6-13(11)17-18-14-8-7-12(19(21)22)10-15(14)20(23)24/h7-8,10-11,18H,1-6H2/b17-13-/t11-/m1/s1. The largest absolute Gasteiger partial charge is 0.301 e. The Morgan fingerprint density at radius 3 is 2.75 bits per heavy atom. The number of hydrogen-bond acceptors (Lipinski definition) is 7. The third kappa shape index (κ3) is 4.25. The monoisotopic (exact) mass is 331 g/mol. The molecule has 0 aliphatic heterocycles. The van der Waals surface area contributed by atoms with Crippen LogP contribution in [-0.2, 0) is 0 Å². The maximum Gasteiger partial charge on any atom is 0.301 e. The molecule has 9 heteroatoms. The first-order valence-electron chi connectivity index (χ1n) is 7.65. The van der Waals surface area contributed by atoms with Crippen LogP contribution in [0.5, 0.6) is 0 Å². The lowest BCUT2D eigenvalue weighted by Gasteiger charge is -2.23. The molecule has 0 unspecified atom stereocenters. The highest BCUT2D eigenvalue weighted by molar-refractivity contribution is 5.88. The molecule has 1 atom stereocenters. The van der Waals surface area contributed by atoms with Gasteiger partial charge in [0, 0.05) is 24.1 Å². The number of nitrogens with one attached hydrogen (secondary N) is 1. The summed E-state index contributed by atoms with van der Waals surface area (Å²) in [5.74, 6) is 0.197. The minimum Gasteiger partial charge on any atom is -0.272 e. The van der Waals surface area contributed by atoms with Crippen LogP contribution < -0.4 is 5.43 Å². The maximum atomic E-state index is 11.1. The molecule has 1 aliphatic carbocycles. The van der Waals surface area contributed by atoms with Crippen LogP contribution in [-0.4, -0.2) is 15.6 Å². The lowest BCUT2D eigenvalue weighted by atomic mass is 9.84. The van der Waals surface area contributed by atoms with E-state index in [0.717, 1.165) is 43.9 Å². The topological polar surface area (TPSA) is 134 Å². The highest BCUT2D eigenvalue weighted by Crippen LogP contribution is 2.30. The van der Waals surface area contributed by atoms with E-state index < -0.39 is 15.5 Å². The molecular weight excluding hydrogens is 314 g/mol. The average Bonchev–Trinajstić information content (AvgIpc) is 2.58. The first-order valence-corrected chi connectivity index (χ1v) is 7.65. The zero-order chi connectivity index (χ0) is 17.5. The summed E-state index contributed by atoms with van der Waals surface area (Å²) in [7, 11) is 0. The lowest BCUT2D eigenvalue weighted by molar-refractivity contribution is -0.393. The Balaban J connectivity index is 2.21. The van der Waals surface area contributed by atoms with Crippen LogP contribution in [0.4, 0.5) is 17.1 Å². The number of anilines is 1. The first kappa shape index (κ1) is 17.3. The van der Waals surface area contributed by atoms with Gasteiger partial charge in [0.15, 0.2) is 0 Å². The number of nitro benzene ring substituents is 2. The van der Waals surface area contributed by atoms with Crippen molar-refractivity contribution in [2.24, 2.45) is 11.0 Å². The second-order valence-electron chi connectivity index (χ2n) is 5.57. The molecule has 1 aromatic rings. The number of hydrazone groups is 1. The normalized spacial score (nSPS) is 18.8. The van der Waals surface area contributed by atoms with Gasteiger partial charge >= 0.3 is 5.69 Å². The van der Waals surface area contributed by atoms with Gasteiger partial charge in [-0.25, -0.2) is 0 Å².